The number of nitrogens with zero attached hydrogens (tertiary/aromatic N) is 3. The van der Waals surface area contributed by atoms with Crippen molar-refractivity contribution in [3.8, 4) is 0 Å². The van der Waals surface area contributed by atoms with Gasteiger partial charge >= 0.3 is 0 Å². The average molecular weight is 330 g/mol. The van der Waals surface area contributed by atoms with E-state index in [4.69, 9.17) is 0 Å². The minimum absolute atomic E-state index is 0.0402. The Morgan fingerprint density at radius 2 is 2.30 bits per heavy atom. The molecule has 0 aromatic carbocycles. The number of rotatable bonds is 4. The van der Waals surface area contributed by atoms with Crippen LogP contribution in [0.25, 0.3) is 0 Å². The third kappa shape index (κ3) is 3.56. The molecule has 2 amide bonds. The van der Waals surface area contributed by atoms with Crippen LogP contribution in [-0.4, -0.2) is 33.2 Å². The molecule has 6 nitrogen and oxygen atoms in total. The molecule has 1 unspecified atom stereocenters. The van der Waals surface area contributed by atoms with Crippen molar-refractivity contribution in [2.75, 3.05) is 6.54 Å². The molecule has 23 heavy (non-hydrogen) atoms. The molecule has 0 aliphatic carbocycles. The molecule has 7 heteroatoms. The molecular formula is C16H18N4O2S. The summed E-state index contributed by atoms with van der Waals surface area (Å²) in [5.74, 6) is 0.592. The van der Waals surface area contributed by atoms with Gasteiger partial charge in [0.15, 0.2) is 5.82 Å². The summed E-state index contributed by atoms with van der Waals surface area (Å²) in [4.78, 5) is 35.1. The summed E-state index contributed by atoms with van der Waals surface area (Å²) < 4.78 is 0. The lowest BCUT2D eigenvalue weighted by Gasteiger charge is -2.23. The molecule has 2 aromatic rings. The summed E-state index contributed by atoms with van der Waals surface area (Å²) in [7, 11) is 0. The lowest BCUT2D eigenvalue weighted by atomic mass is 10.2. The van der Waals surface area contributed by atoms with Crippen molar-refractivity contribution < 1.29 is 9.59 Å². The fraction of sp³-hybridized carbons (Fsp3) is 0.375. The molecule has 3 rings (SSSR count). The maximum atomic E-state index is 12.6. The minimum atomic E-state index is -0.0967. The van der Waals surface area contributed by atoms with Gasteiger partial charge in [-0.1, -0.05) is 6.07 Å². The highest BCUT2D eigenvalue weighted by Gasteiger charge is 2.32. The Bertz CT molecular complexity index is 702. The average Bonchev–Trinajstić information content (AvgIpc) is 3.23. The minimum Gasteiger partial charge on any atom is -0.351 e. The van der Waals surface area contributed by atoms with E-state index in [1.54, 1.807) is 12.3 Å². The van der Waals surface area contributed by atoms with E-state index >= 15 is 0 Å². The van der Waals surface area contributed by atoms with Gasteiger partial charge in [0.25, 0.3) is 5.91 Å². The highest BCUT2D eigenvalue weighted by Crippen LogP contribution is 2.31. The van der Waals surface area contributed by atoms with Crippen LogP contribution in [0.5, 0.6) is 0 Å². The van der Waals surface area contributed by atoms with Crippen LogP contribution in [0.15, 0.2) is 29.8 Å². The number of nitrogens with one attached hydrogen (secondary N) is 1. The first kappa shape index (κ1) is 15.6. The van der Waals surface area contributed by atoms with Crippen LogP contribution in [0.3, 0.4) is 0 Å². The summed E-state index contributed by atoms with van der Waals surface area (Å²) in [5, 5.41) is 4.63. The molecule has 1 atom stereocenters. The molecule has 1 saturated heterocycles. The van der Waals surface area contributed by atoms with E-state index in [9.17, 15) is 9.59 Å². The number of carbonyl (C=O) groups excluding carboxylic acids is 2. The van der Waals surface area contributed by atoms with Gasteiger partial charge in [-0.05, 0) is 30.4 Å². The quantitative estimate of drug-likeness (QED) is 0.932. The first-order chi connectivity index (χ1) is 11.1. The summed E-state index contributed by atoms with van der Waals surface area (Å²) in [6.07, 6.45) is 3.49. The fourth-order valence-electron chi connectivity index (χ4n) is 2.71. The molecule has 1 N–H and O–H groups in total. The van der Waals surface area contributed by atoms with Crippen molar-refractivity contribution >= 4 is 23.2 Å². The van der Waals surface area contributed by atoms with Gasteiger partial charge < -0.3 is 10.2 Å². The van der Waals surface area contributed by atoms with Gasteiger partial charge in [-0.25, -0.2) is 9.97 Å². The summed E-state index contributed by atoms with van der Waals surface area (Å²) in [6, 6.07) is 5.41. The highest BCUT2D eigenvalue weighted by molar-refractivity contribution is 7.12. The van der Waals surface area contributed by atoms with Gasteiger partial charge in [0.2, 0.25) is 5.91 Å². The molecule has 0 saturated carbocycles. The molecule has 1 aliphatic rings. The first-order valence-corrected chi connectivity index (χ1v) is 8.44. The Morgan fingerprint density at radius 1 is 1.43 bits per heavy atom. The predicted octanol–water partition coefficient (Wildman–Crippen LogP) is 2.15. The van der Waals surface area contributed by atoms with E-state index in [2.05, 4.69) is 15.3 Å². The number of hydrogen-bond acceptors (Lipinski definition) is 5. The predicted molar refractivity (Wildman–Crippen MR) is 86.9 cm³/mol. The number of thiophene rings is 1. The lowest BCUT2D eigenvalue weighted by Crippen LogP contribution is -2.31. The topological polar surface area (TPSA) is 75.2 Å². The second-order valence-corrected chi connectivity index (χ2v) is 6.40. The zero-order valence-electron chi connectivity index (χ0n) is 12.9. The van der Waals surface area contributed by atoms with Crippen LogP contribution in [0.2, 0.25) is 0 Å². The molecule has 1 aliphatic heterocycles. The monoisotopic (exact) mass is 330 g/mol. The van der Waals surface area contributed by atoms with E-state index < -0.39 is 0 Å². The van der Waals surface area contributed by atoms with Gasteiger partial charge in [-0.2, -0.15) is 0 Å². The smallest absolute Gasteiger partial charge is 0.264 e. The Hall–Kier alpha value is -2.28. The van der Waals surface area contributed by atoms with E-state index in [0.717, 1.165) is 30.0 Å². The maximum Gasteiger partial charge on any atom is 0.264 e. The normalized spacial score (nSPS) is 17.3. The van der Waals surface area contributed by atoms with Gasteiger partial charge in [0.1, 0.15) is 0 Å². The molecule has 0 radical (unpaired) electrons. The van der Waals surface area contributed by atoms with Crippen molar-refractivity contribution in [2.45, 2.75) is 32.4 Å². The van der Waals surface area contributed by atoms with Crippen LogP contribution in [0.1, 0.15) is 47.0 Å². The summed E-state index contributed by atoms with van der Waals surface area (Å²) >= 11 is 1.45. The first-order valence-electron chi connectivity index (χ1n) is 7.56. The molecule has 1 fully saturated rings. The van der Waals surface area contributed by atoms with Gasteiger partial charge in [-0.3, -0.25) is 9.59 Å². The highest BCUT2D eigenvalue weighted by atomic mass is 32.1. The van der Waals surface area contributed by atoms with E-state index in [1.165, 1.54) is 18.3 Å². The number of hydrogen-bond donors (Lipinski definition) is 1. The molecule has 3 heterocycles. The third-order valence-electron chi connectivity index (χ3n) is 3.79. The van der Waals surface area contributed by atoms with E-state index in [-0.39, 0.29) is 17.9 Å². The van der Waals surface area contributed by atoms with Crippen molar-refractivity contribution in [3.63, 3.8) is 0 Å². The number of amides is 2. The zero-order chi connectivity index (χ0) is 16.2. The number of aromatic nitrogens is 2. The van der Waals surface area contributed by atoms with Gasteiger partial charge in [-0.15, -0.1) is 11.3 Å². The van der Waals surface area contributed by atoms with E-state index in [1.807, 2.05) is 22.4 Å². The SMILES string of the molecule is CC(=O)NCc1ccnc(C2CCCN2C(=O)c2cccs2)n1. The standard InChI is InChI=1S/C16H18N4O2S/c1-11(21)18-10-12-6-7-17-15(19-12)13-4-2-8-20(13)16(22)14-5-3-9-23-14/h3,5-7,9,13H,2,4,8,10H2,1H3,(H,18,21). The van der Waals surface area contributed by atoms with Crippen LogP contribution >= 0.6 is 11.3 Å². The Labute approximate surface area is 138 Å². The Kier molecular flexibility index (Phi) is 4.66. The fourth-order valence-corrected chi connectivity index (χ4v) is 3.39. The van der Waals surface area contributed by atoms with Crippen LogP contribution in [0, 0.1) is 0 Å². The van der Waals surface area contributed by atoms with Crippen LogP contribution < -0.4 is 5.32 Å². The largest absolute Gasteiger partial charge is 0.351 e. The van der Waals surface area contributed by atoms with Gasteiger partial charge in [0.05, 0.1) is 23.2 Å². The summed E-state index contributed by atoms with van der Waals surface area (Å²) in [6.45, 7) is 2.57. The van der Waals surface area contributed by atoms with Crippen molar-refractivity contribution in [3.05, 3.63) is 46.2 Å². The van der Waals surface area contributed by atoms with Crippen molar-refractivity contribution in [1.82, 2.24) is 20.2 Å². The van der Waals surface area contributed by atoms with Crippen molar-refractivity contribution in [1.29, 1.82) is 0 Å². The molecule has 0 spiro atoms. The summed E-state index contributed by atoms with van der Waals surface area (Å²) in [5.41, 5.74) is 0.751. The Morgan fingerprint density at radius 3 is 3.04 bits per heavy atom. The Balaban J connectivity index is 1.78. The van der Waals surface area contributed by atoms with E-state index in [0.29, 0.717) is 12.4 Å². The zero-order valence-corrected chi connectivity index (χ0v) is 13.7. The van der Waals surface area contributed by atoms with Gasteiger partial charge in [0, 0.05) is 19.7 Å². The van der Waals surface area contributed by atoms with Crippen molar-refractivity contribution in [2.24, 2.45) is 0 Å². The number of carbonyl (C=O) groups is 2. The number of likely N-dealkylation sites (tertiary alicyclic amines) is 1. The van der Waals surface area contributed by atoms with Crippen LogP contribution in [-0.2, 0) is 11.3 Å². The lowest BCUT2D eigenvalue weighted by molar-refractivity contribution is -0.119. The third-order valence-corrected chi connectivity index (χ3v) is 4.65. The second-order valence-electron chi connectivity index (χ2n) is 5.45. The molecular weight excluding hydrogens is 312 g/mol. The molecule has 2 aromatic heterocycles. The molecule has 0 bridgehead atoms. The second kappa shape index (κ2) is 6.87. The van der Waals surface area contributed by atoms with Crippen LogP contribution in [0.4, 0.5) is 0 Å². The maximum absolute atomic E-state index is 12.6. The molecule has 120 valence electrons.